The van der Waals surface area contributed by atoms with Gasteiger partial charge in [0, 0.05) is 39.5 Å². The average molecular weight is 536 g/mol. The van der Waals surface area contributed by atoms with E-state index in [-0.39, 0.29) is 36.2 Å². The van der Waals surface area contributed by atoms with Gasteiger partial charge >= 0.3 is 0 Å². The number of nitrogens with zero attached hydrogens (tertiary/aromatic N) is 2. The Hall–Kier alpha value is -3.49. The molecule has 1 N–H and O–H groups in total. The monoisotopic (exact) mass is 535 g/mol. The predicted molar refractivity (Wildman–Crippen MR) is 150 cm³/mol. The number of nitrogens with one attached hydrogen (secondary N) is 1. The third kappa shape index (κ3) is 8.00. The minimum absolute atomic E-state index is 0.116. The summed E-state index contributed by atoms with van der Waals surface area (Å²) in [6.45, 7) is 4.78. The van der Waals surface area contributed by atoms with Crippen molar-refractivity contribution in [1.82, 2.24) is 14.5 Å². The van der Waals surface area contributed by atoms with Crippen molar-refractivity contribution < 1.29 is 18.0 Å². The van der Waals surface area contributed by atoms with Crippen molar-refractivity contribution in [3.63, 3.8) is 0 Å². The minimum Gasteiger partial charge on any atom is -0.355 e. The van der Waals surface area contributed by atoms with Crippen molar-refractivity contribution in [3.05, 3.63) is 102 Å². The first-order valence-electron chi connectivity index (χ1n) is 12.9. The van der Waals surface area contributed by atoms with Gasteiger partial charge in [-0.25, -0.2) is 12.7 Å². The molecule has 0 heterocycles. The van der Waals surface area contributed by atoms with Crippen LogP contribution in [-0.2, 0) is 32.6 Å². The lowest BCUT2D eigenvalue weighted by Crippen LogP contribution is -2.50. The molecule has 0 aliphatic rings. The van der Waals surface area contributed by atoms with Crippen LogP contribution >= 0.6 is 0 Å². The largest absolute Gasteiger partial charge is 0.355 e. The van der Waals surface area contributed by atoms with Crippen LogP contribution in [0.15, 0.2) is 89.8 Å². The van der Waals surface area contributed by atoms with Crippen molar-refractivity contribution in [3.8, 4) is 0 Å². The van der Waals surface area contributed by atoms with E-state index in [2.05, 4.69) is 5.32 Å². The highest BCUT2D eigenvalue weighted by Gasteiger charge is 2.30. The molecule has 202 valence electrons. The van der Waals surface area contributed by atoms with Gasteiger partial charge < -0.3 is 10.2 Å². The molecule has 0 radical (unpaired) electrons. The topological polar surface area (TPSA) is 86.8 Å². The summed E-state index contributed by atoms with van der Waals surface area (Å²) < 4.78 is 27.0. The van der Waals surface area contributed by atoms with Crippen LogP contribution in [0.4, 0.5) is 0 Å². The van der Waals surface area contributed by atoms with Crippen molar-refractivity contribution in [2.75, 3.05) is 20.1 Å². The molecule has 3 aromatic rings. The molecule has 38 heavy (non-hydrogen) atoms. The van der Waals surface area contributed by atoms with Crippen LogP contribution < -0.4 is 5.32 Å². The third-order valence-corrected chi connectivity index (χ3v) is 8.28. The van der Waals surface area contributed by atoms with Gasteiger partial charge in [0.2, 0.25) is 21.8 Å². The lowest BCUT2D eigenvalue weighted by atomic mass is 10.0. The average Bonchev–Trinajstić information content (AvgIpc) is 2.92. The van der Waals surface area contributed by atoms with E-state index in [1.807, 2.05) is 68.4 Å². The molecule has 3 aromatic carbocycles. The van der Waals surface area contributed by atoms with Crippen molar-refractivity contribution in [1.29, 1.82) is 0 Å². The number of hydrogen-bond acceptors (Lipinski definition) is 4. The lowest BCUT2D eigenvalue weighted by molar-refractivity contribution is -0.141. The molecule has 3 rings (SSSR count). The first-order valence-corrected chi connectivity index (χ1v) is 14.3. The maximum absolute atomic E-state index is 13.6. The van der Waals surface area contributed by atoms with Gasteiger partial charge in [-0.3, -0.25) is 9.59 Å². The summed E-state index contributed by atoms with van der Waals surface area (Å²) in [5.74, 6) is -0.399. The fourth-order valence-corrected chi connectivity index (χ4v) is 5.46. The van der Waals surface area contributed by atoms with Crippen LogP contribution in [0.3, 0.4) is 0 Å². The molecule has 0 bridgehead atoms. The zero-order valence-electron chi connectivity index (χ0n) is 22.3. The van der Waals surface area contributed by atoms with Gasteiger partial charge in [-0.2, -0.15) is 0 Å². The van der Waals surface area contributed by atoms with Crippen molar-refractivity contribution in [2.45, 2.75) is 50.6 Å². The first kappa shape index (κ1) is 29.1. The number of carbonyl (C=O) groups excluding carboxylic acids is 2. The lowest BCUT2D eigenvalue weighted by Gasteiger charge is -2.32. The van der Waals surface area contributed by atoms with Gasteiger partial charge in [-0.05, 0) is 43.5 Å². The second-order valence-corrected chi connectivity index (χ2v) is 11.4. The summed E-state index contributed by atoms with van der Waals surface area (Å²) in [6, 6.07) is 25.1. The van der Waals surface area contributed by atoms with E-state index in [0.717, 1.165) is 16.7 Å². The highest BCUT2D eigenvalue weighted by molar-refractivity contribution is 7.89. The normalized spacial score (nSPS) is 12.2. The molecular formula is C30H37N3O4S. The zero-order chi connectivity index (χ0) is 27.5. The number of aryl methyl sites for hydroxylation is 1. The summed E-state index contributed by atoms with van der Waals surface area (Å²) in [5.41, 5.74) is 2.99. The Morgan fingerprint density at radius 2 is 1.47 bits per heavy atom. The number of likely N-dealkylation sites (N-methyl/N-ethyl adjacent to an activating group) is 1. The van der Waals surface area contributed by atoms with Gasteiger partial charge in [0.15, 0.2) is 0 Å². The minimum atomic E-state index is -3.64. The summed E-state index contributed by atoms with van der Waals surface area (Å²) in [7, 11) is -2.13. The van der Waals surface area contributed by atoms with Gasteiger partial charge in [0.05, 0.1) is 4.90 Å². The molecule has 0 aromatic heterocycles. The number of hydrogen-bond donors (Lipinski definition) is 1. The van der Waals surface area contributed by atoms with Gasteiger partial charge in [-0.15, -0.1) is 0 Å². The Balaban J connectivity index is 1.79. The zero-order valence-corrected chi connectivity index (χ0v) is 23.2. The molecule has 2 amide bonds. The standard InChI is InChI=1S/C30H37N3O4S/c1-4-31-30(35)28(22-25-12-7-5-8-13-25)33(23-26-19-17-24(2)18-20-26)29(34)16-11-21-32(3)38(36,37)27-14-9-6-10-15-27/h5-10,12-15,17-20,28H,4,11,16,21-23H2,1-3H3,(H,31,35)/t28-/m1/s1. The molecule has 0 aliphatic carbocycles. The molecular weight excluding hydrogens is 498 g/mol. The first-order chi connectivity index (χ1) is 18.2. The van der Waals surface area contributed by atoms with Crippen LogP contribution in [-0.4, -0.2) is 55.6 Å². The quantitative estimate of drug-likeness (QED) is 0.356. The maximum Gasteiger partial charge on any atom is 0.243 e. The predicted octanol–water partition coefficient (Wildman–Crippen LogP) is 4.17. The molecule has 0 aliphatic heterocycles. The molecule has 7 nitrogen and oxygen atoms in total. The molecule has 0 saturated carbocycles. The SMILES string of the molecule is CCNC(=O)[C@@H](Cc1ccccc1)N(Cc1ccc(C)cc1)C(=O)CCCN(C)S(=O)(=O)c1ccccc1. The highest BCUT2D eigenvalue weighted by atomic mass is 32.2. The molecule has 1 atom stereocenters. The van der Waals surface area contributed by atoms with E-state index >= 15 is 0 Å². The van der Waals surface area contributed by atoms with E-state index < -0.39 is 16.1 Å². The maximum atomic E-state index is 13.6. The van der Waals surface area contributed by atoms with Crippen LogP contribution in [0.5, 0.6) is 0 Å². The number of rotatable bonds is 13. The third-order valence-electron chi connectivity index (χ3n) is 6.41. The van der Waals surface area contributed by atoms with Crippen LogP contribution in [0, 0.1) is 6.92 Å². The van der Waals surface area contributed by atoms with Crippen molar-refractivity contribution in [2.24, 2.45) is 0 Å². The van der Waals surface area contributed by atoms with Crippen LogP contribution in [0.1, 0.15) is 36.5 Å². The second kappa shape index (κ2) is 13.9. The van der Waals surface area contributed by atoms with Crippen molar-refractivity contribution >= 4 is 21.8 Å². The molecule has 0 spiro atoms. The summed E-state index contributed by atoms with van der Waals surface area (Å²) in [4.78, 5) is 28.7. The van der Waals surface area contributed by atoms with Crippen LogP contribution in [0.25, 0.3) is 0 Å². The van der Waals surface area contributed by atoms with Gasteiger partial charge in [0.25, 0.3) is 0 Å². The Bertz CT molecular complexity index is 1280. The molecule has 0 fully saturated rings. The number of amides is 2. The fourth-order valence-electron chi connectivity index (χ4n) is 4.23. The van der Waals surface area contributed by atoms with E-state index in [1.54, 1.807) is 35.2 Å². The molecule has 0 unspecified atom stereocenters. The van der Waals surface area contributed by atoms with E-state index in [1.165, 1.54) is 11.4 Å². The fraction of sp³-hybridized carbons (Fsp3) is 0.333. The van der Waals surface area contributed by atoms with Gasteiger partial charge in [0.1, 0.15) is 6.04 Å². The number of sulfonamides is 1. The Morgan fingerprint density at radius 3 is 2.08 bits per heavy atom. The van der Waals surface area contributed by atoms with Gasteiger partial charge in [-0.1, -0.05) is 78.4 Å². The highest BCUT2D eigenvalue weighted by Crippen LogP contribution is 2.18. The van der Waals surface area contributed by atoms with E-state index in [4.69, 9.17) is 0 Å². The molecule has 0 saturated heterocycles. The number of carbonyl (C=O) groups is 2. The summed E-state index contributed by atoms with van der Waals surface area (Å²) in [6.07, 6.45) is 0.830. The Labute approximate surface area is 226 Å². The smallest absolute Gasteiger partial charge is 0.243 e. The summed E-state index contributed by atoms with van der Waals surface area (Å²) in [5, 5.41) is 2.89. The number of benzene rings is 3. The van der Waals surface area contributed by atoms with E-state index in [9.17, 15) is 18.0 Å². The second-order valence-electron chi connectivity index (χ2n) is 9.35. The van der Waals surface area contributed by atoms with Crippen LogP contribution in [0.2, 0.25) is 0 Å². The Morgan fingerprint density at radius 1 is 0.868 bits per heavy atom. The Kier molecular flexibility index (Phi) is 10.6. The molecule has 8 heteroatoms. The summed E-state index contributed by atoms with van der Waals surface area (Å²) >= 11 is 0. The van der Waals surface area contributed by atoms with E-state index in [0.29, 0.717) is 19.4 Å².